The van der Waals surface area contributed by atoms with Gasteiger partial charge in [0.25, 0.3) is 0 Å². The van der Waals surface area contributed by atoms with Crippen molar-refractivity contribution in [2.75, 3.05) is 6.61 Å². The summed E-state index contributed by atoms with van der Waals surface area (Å²) < 4.78 is 4.86. The minimum atomic E-state index is -0.999. The van der Waals surface area contributed by atoms with Crippen molar-refractivity contribution in [3.8, 4) is 5.88 Å². The first-order chi connectivity index (χ1) is 6.22. The Morgan fingerprint density at radius 1 is 1.62 bits per heavy atom. The van der Waals surface area contributed by atoms with Gasteiger partial charge in [-0.2, -0.15) is 0 Å². The monoisotopic (exact) mass is 181 g/mol. The van der Waals surface area contributed by atoms with Gasteiger partial charge in [-0.15, -0.1) is 0 Å². The van der Waals surface area contributed by atoms with E-state index in [4.69, 9.17) is 9.84 Å². The third-order valence-electron chi connectivity index (χ3n) is 1.55. The van der Waals surface area contributed by atoms with E-state index in [0.717, 1.165) is 12.0 Å². The first-order valence-corrected chi connectivity index (χ1v) is 4.02. The lowest BCUT2D eigenvalue weighted by atomic mass is 10.2. The van der Waals surface area contributed by atoms with Crippen molar-refractivity contribution in [2.24, 2.45) is 0 Å². The molecule has 0 amide bonds. The number of pyridine rings is 1. The number of carboxylic acid groups (broad SMARTS) is 1. The number of rotatable bonds is 4. The summed E-state index contributed by atoms with van der Waals surface area (Å²) in [6, 6.07) is 3.53. The van der Waals surface area contributed by atoms with E-state index in [9.17, 15) is 4.79 Å². The number of aliphatic carboxylic acids is 1. The molecule has 4 heteroatoms. The van der Waals surface area contributed by atoms with Gasteiger partial charge in [-0.3, -0.25) is 0 Å². The molecule has 1 N–H and O–H groups in total. The molecule has 13 heavy (non-hydrogen) atoms. The number of aryl methyl sites for hydroxylation is 1. The van der Waals surface area contributed by atoms with E-state index in [2.05, 4.69) is 4.98 Å². The number of nitrogens with zero attached hydrogens (tertiary/aromatic N) is 1. The maximum atomic E-state index is 10.1. The normalized spacial score (nSPS) is 9.62. The molecule has 70 valence electrons. The highest BCUT2D eigenvalue weighted by atomic mass is 16.5. The molecule has 0 atom stereocenters. The fourth-order valence-electron chi connectivity index (χ4n) is 0.841. The van der Waals surface area contributed by atoms with E-state index in [0.29, 0.717) is 5.88 Å². The zero-order valence-electron chi connectivity index (χ0n) is 7.36. The molecule has 0 saturated carbocycles. The molecule has 0 spiro atoms. The predicted octanol–water partition coefficient (Wildman–Crippen LogP) is 1.11. The maximum absolute atomic E-state index is 10.1. The van der Waals surface area contributed by atoms with E-state index in [1.807, 2.05) is 13.0 Å². The van der Waals surface area contributed by atoms with Crippen molar-refractivity contribution < 1.29 is 14.6 Å². The quantitative estimate of drug-likeness (QED) is 0.755. The number of hydrogen-bond acceptors (Lipinski definition) is 3. The number of hydrogen-bond donors (Lipinski definition) is 1. The Bertz CT molecular complexity index is 281. The maximum Gasteiger partial charge on any atom is 0.341 e. The van der Waals surface area contributed by atoms with E-state index in [1.165, 1.54) is 0 Å². The van der Waals surface area contributed by atoms with Crippen molar-refractivity contribution in [1.82, 2.24) is 4.98 Å². The lowest BCUT2D eigenvalue weighted by Gasteiger charge is -2.01. The Balaban J connectivity index is 2.54. The van der Waals surface area contributed by atoms with E-state index in [1.54, 1.807) is 12.3 Å². The molecule has 0 aliphatic carbocycles. The van der Waals surface area contributed by atoms with Crippen molar-refractivity contribution in [3.63, 3.8) is 0 Å². The van der Waals surface area contributed by atoms with Crippen LogP contribution in [0.3, 0.4) is 0 Å². The van der Waals surface area contributed by atoms with Crippen LogP contribution in [0.15, 0.2) is 18.3 Å². The minimum Gasteiger partial charge on any atom is -0.479 e. The summed E-state index contributed by atoms with van der Waals surface area (Å²) in [4.78, 5) is 14.1. The van der Waals surface area contributed by atoms with Gasteiger partial charge in [0.1, 0.15) is 0 Å². The second-order valence-corrected chi connectivity index (χ2v) is 2.54. The molecule has 0 aromatic carbocycles. The summed E-state index contributed by atoms with van der Waals surface area (Å²) in [5, 5.41) is 8.32. The lowest BCUT2D eigenvalue weighted by Crippen LogP contribution is -2.10. The molecule has 4 nitrogen and oxygen atoms in total. The summed E-state index contributed by atoms with van der Waals surface area (Å²) in [6.07, 6.45) is 2.59. The average Bonchev–Trinajstić information content (AvgIpc) is 2.15. The van der Waals surface area contributed by atoms with Gasteiger partial charge in [0.2, 0.25) is 5.88 Å². The van der Waals surface area contributed by atoms with E-state index in [-0.39, 0.29) is 6.61 Å². The van der Waals surface area contributed by atoms with Gasteiger partial charge in [0.05, 0.1) is 0 Å². The number of carboxylic acids is 1. The topological polar surface area (TPSA) is 59.4 Å². The minimum absolute atomic E-state index is 0.347. The van der Waals surface area contributed by atoms with Crippen LogP contribution in [-0.2, 0) is 11.2 Å². The van der Waals surface area contributed by atoms with Crippen molar-refractivity contribution in [2.45, 2.75) is 13.3 Å². The Labute approximate surface area is 76.2 Å². The molecule has 0 fully saturated rings. The number of aromatic nitrogens is 1. The third kappa shape index (κ3) is 3.11. The molecule has 1 rings (SSSR count). The molecule has 1 aromatic heterocycles. The molecule has 1 aromatic rings. The van der Waals surface area contributed by atoms with Crippen LogP contribution >= 0.6 is 0 Å². The fourth-order valence-corrected chi connectivity index (χ4v) is 0.841. The predicted molar refractivity (Wildman–Crippen MR) is 46.7 cm³/mol. The fraction of sp³-hybridized carbons (Fsp3) is 0.333. The molecule has 0 bridgehead atoms. The SMILES string of the molecule is CCc1ccc(OCC(=O)O)nc1. The Kier molecular flexibility index (Phi) is 3.25. The second-order valence-electron chi connectivity index (χ2n) is 2.54. The Hall–Kier alpha value is -1.58. The highest BCUT2D eigenvalue weighted by molar-refractivity contribution is 5.68. The van der Waals surface area contributed by atoms with Crippen LogP contribution in [0.25, 0.3) is 0 Å². The summed E-state index contributed by atoms with van der Waals surface area (Å²) >= 11 is 0. The van der Waals surface area contributed by atoms with Gasteiger partial charge in [0, 0.05) is 12.3 Å². The van der Waals surface area contributed by atoms with Crippen LogP contribution in [-0.4, -0.2) is 22.7 Å². The average molecular weight is 181 g/mol. The van der Waals surface area contributed by atoms with Crippen LogP contribution in [0.2, 0.25) is 0 Å². The molecule has 0 aliphatic heterocycles. The Morgan fingerprint density at radius 2 is 2.38 bits per heavy atom. The van der Waals surface area contributed by atoms with E-state index >= 15 is 0 Å². The van der Waals surface area contributed by atoms with E-state index < -0.39 is 5.97 Å². The first kappa shape index (κ1) is 9.51. The zero-order valence-corrected chi connectivity index (χ0v) is 7.36. The van der Waals surface area contributed by atoms with Gasteiger partial charge in [-0.1, -0.05) is 13.0 Å². The molecule has 1 heterocycles. The summed E-state index contributed by atoms with van der Waals surface area (Å²) in [5.41, 5.74) is 1.10. The molecule has 0 aliphatic rings. The van der Waals surface area contributed by atoms with Crippen LogP contribution in [0.1, 0.15) is 12.5 Å². The molecule has 0 saturated heterocycles. The summed E-state index contributed by atoms with van der Waals surface area (Å²) in [5.74, 6) is -0.652. The summed E-state index contributed by atoms with van der Waals surface area (Å²) in [6.45, 7) is 1.67. The zero-order chi connectivity index (χ0) is 9.68. The second kappa shape index (κ2) is 4.45. The summed E-state index contributed by atoms with van der Waals surface area (Å²) in [7, 11) is 0. The first-order valence-electron chi connectivity index (χ1n) is 4.02. The lowest BCUT2D eigenvalue weighted by molar-refractivity contribution is -0.139. The molecular weight excluding hydrogens is 170 g/mol. The van der Waals surface area contributed by atoms with Crippen molar-refractivity contribution >= 4 is 5.97 Å². The van der Waals surface area contributed by atoms with Crippen LogP contribution in [0.5, 0.6) is 5.88 Å². The van der Waals surface area contributed by atoms with Gasteiger partial charge in [0.15, 0.2) is 6.61 Å². The molecule has 0 unspecified atom stereocenters. The van der Waals surface area contributed by atoms with Crippen molar-refractivity contribution in [1.29, 1.82) is 0 Å². The number of ether oxygens (including phenoxy) is 1. The largest absolute Gasteiger partial charge is 0.479 e. The molecular formula is C9H11NO3. The van der Waals surface area contributed by atoms with Crippen LogP contribution in [0, 0.1) is 0 Å². The highest BCUT2D eigenvalue weighted by Crippen LogP contribution is 2.07. The van der Waals surface area contributed by atoms with Crippen LogP contribution < -0.4 is 4.74 Å². The van der Waals surface area contributed by atoms with Gasteiger partial charge >= 0.3 is 5.97 Å². The van der Waals surface area contributed by atoms with Crippen molar-refractivity contribution in [3.05, 3.63) is 23.9 Å². The highest BCUT2D eigenvalue weighted by Gasteiger charge is 1.99. The molecule has 0 radical (unpaired) electrons. The standard InChI is InChI=1S/C9H11NO3/c1-2-7-3-4-8(10-5-7)13-6-9(11)12/h3-5H,2,6H2,1H3,(H,11,12). The van der Waals surface area contributed by atoms with Gasteiger partial charge in [-0.25, -0.2) is 9.78 Å². The smallest absolute Gasteiger partial charge is 0.341 e. The number of carbonyl (C=O) groups is 1. The van der Waals surface area contributed by atoms with Crippen LogP contribution in [0.4, 0.5) is 0 Å². The van der Waals surface area contributed by atoms with Gasteiger partial charge in [-0.05, 0) is 12.0 Å². The van der Waals surface area contributed by atoms with Gasteiger partial charge < -0.3 is 9.84 Å². The Morgan fingerprint density at radius 3 is 2.85 bits per heavy atom. The third-order valence-corrected chi connectivity index (χ3v) is 1.55.